The molecule has 0 bridgehead atoms. The highest BCUT2D eigenvalue weighted by atomic mass is 79.9. The minimum atomic E-state index is -1.08. The van der Waals surface area contributed by atoms with Gasteiger partial charge in [0.1, 0.15) is 23.7 Å². The van der Waals surface area contributed by atoms with Crippen LogP contribution in [0.3, 0.4) is 0 Å². The fourth-order valence-corrected chi connectivity index (χ4v) is 6.56. The first kappa shape index (κ1) is 34.3. The molecular formula is C35H30BrN3O8S. The Bertz CT molecular complexity index is 1710. The molecule has 1 N–H and O–H groups in total. The summed E-state index contributed by atoms with van der Waals surface area (Å²) in [7, 11) is 0. The molecule has 2 heterocycles. The maximum atomic E-state index is 13.8. The Morgan fingerprint density at radius 3 is 2.17 bits per heavy atom. The van der Waals surface area contributed by atoms with E-state index in [2.05, 4.69) is 33.0 Å². The molecule has 48 heavy (non-hydrogen) atoms. The van der Waals surface area contributed by atoms with Gasteiger partial charge in [-0.15, -0.1) is 11.8 Å². The molecule has 2 aliphatic heterocycles. The molecule has 2 atom stereocenters. The van der Waals surface area contributed by atoms with Gasteiger partial charge in [0.15, 0.2) is 6.10 Å². The van der Waals surface area contributed by atoms with Crippen LogP contribution in [-0.4, -0.2) is 69.3 Å². The molecule has 3 aromatic carbocycles. The lowest BCUT2D eigenvalue weighted by Crippen LogP contribution is -2.71. The number of nitrogens with one attached hydrogen (secondary N) is 1. The first-order valence-electron chi connectivity index (χ1n) is 14.7. The van der Waals surface area contributed by atoms with Crippen LogP contribution < -0.4 is 5.32 Å². The molecular weight excluding hydrogens is 702 g/mol. The quantitative estimate of drug-likeness (QED) is 0.0644. The van der Waals surface area contributed by atoms with E-state index >= 15 is 0 Å². The number of carbonyl (C=O) groups excluding carboxylic acids is 5. The van der Waals surface area contributed by atoms with Crippen molar-refractivity contribution in [2.24, 2.45) is 5.16 Å². The van der Waals surface area contributed by atoms with E-state index in [0.29, 0.717) is 11.3 Å². The second-order valence-electron chi connectivity index (χ2n) is 10.5. The Kier molecular flexibility index (Phi) is 11.6. The number of benzene rings is 3. The van der Waals surface area contributed by atoms with E-state index in [1.165, 1.54) is 22.7 Å². The zero-order valence-corrected chi connectivity index (χ0v) is 27.9. The summed E-state index contributed by atoms with van der Waals surface area (Å²) in [6, 6.07) is 26.4. The standard InChI is InChI=1S/C35H30BrN3O8S/c1-2-23-21-48-34-29(37-32(42)28(26(40)18-36)38-46-20-27(41)45-19-22-12-6-3-7-13-22)33(43)39(34)30(23)35(44)47-31(24-14-8-4-9-15-24)25-16-10-5-11-17-25/h2-17,29,31,34H,1,18-21H2,(H,37,42)/t29?,34-/m1/s1. The van der Waals surface area contributed by atoms with Crippen LogP contribution in [-0.2, 0) is 44.9 Å². The van der Waals surface area contributed by atoms with E-state index in [0.717, 1.165) is 16.7 Å². The van der Waals surface area contributed by atoms with E-state index in [4.69, 9.17) is 14.3 Å². The molecule has 11 nitrogen and oxygen atoms in total. The number of ketones is 1. The maximum Gasteiger partial charge on any atom is 0.356 e. The smallest absolute Gasteiger partial charge is 0.356 e. The molecule has 1 saturated heterocycles. The second kappa shape index (κ2) is 16.2. The number of allylic oxidation sites excluding steroid dienone is 1. The summed E-state index contributed by atoms with van der Waals surface area (Å²) in [6.07, 6.45) is 0.753. The molecule has 0 radical (unpaired) electrons. The largest absolute Gasteiger partial charge is 0.458 e. The van der Waals surface area contributed by atoms with Gasteiger partial charge in [0.2, 0.25) is 18.1 Å². The Balaban J connectivity index is 1.26. The lowest BCUT2D eigenvalue weighted by molar-refractivity contribution is -0.154. The van der Waals surface area contributed by atoms with Gasteiger partial charge in [0.25, 0.3) is 11.8 Å². The van der Waals surface area contributed by atoms with Crippen LogP contribution in [0.15, 0.2) is 120 Å². The fourth-order valence-electron chi connectivity index (χ4n) is 4.96. The fraction of sp³-hybridized carbons (Fsp3) is 0.200. The number of thioether (sulfide) groups is 1. The average Bonchev–Trinajstić information content (AvgIpc) is 3.13. The summed E-state index contributed by atoms with van der Waals surface area (Å²) < 4.78 is 11.2. The zero-order valence-electron chi connectivity index (χ0n) is 25.5. The van der Waals surface area contributed by atoms with Gasteiger partial charge in [0.05, 0.1) is 5.33 Å². The van der Waals surface area contributed by atoms with Crippen LogP contribution >= 0.6 is 27.7 Å². The number of alkyl halides is 1. The predicted octanol–water partition coefficient (Wildman–Crippen LogP) is 4.24. The molecule has 0 spiro atoms. The van der Waals surface area contributed by atoms with Crippen molar-refractivity contribution in [3.63, 3.8) is 0 Å². The zero-order chi connectivity index (χ0) is 34.0. The van der Waals surface area contributed by atoms with E-state index in [1.54, 1.807) is 24.3 Å². The molecule has 5 rings (SSSR count). The lowest BCUT2D eigenvalue weighted by Gasteiger charge is -2.49. The molecule has 0 aliphatic carbocycles. The topological polar surface area (TPSA) is 141 Å². The van der Waals surface area contributed by atoms with Crippen molar-refractivity contribution in [1.29, 1.82) is 0 Å². The van der Waals surface area contributed by atoms with Crippen molar-refractivity contribution in [3.05, 3.63) is 132 Å². The number of ether oxygens (including phenoxy) is 2. The lowest BCUT2D eigenvalue weighted by atomic mass is 10.0. The molecule has 1 unspecified atom stereocenters. The third-order valence-corrected chi connectivity index (χ3v) is 9.15. The average molecular weight is 733 g/mol. The summed E-state index contributed by atoms with van der Waals surface area (Å²) in [5.74, 6) is -3.48. The summed E-state index contributed by atoms with van der Waals surface area (Å²) in [5.41, 5.74) is 2.14. The van der Waals surface area contributed by atoms with Crippen molar-refractivity contribution in [2.45, 2.75) is 24.1 Å². The van der Waals surface area contributed by atoms with Crippen LogP contribution in [0.2, 0.25) is 0 Å². The molecule has 246 valence electrons. The minimum absolute atomic E-state index is 0.0104. The van der Waals surface area contributed by atoms with Gasteiger partial charge in [-0.1, -0.05) is 125 Å². The molecule has 1 fully saturated rings. The van der Waals surface area contributed by atoms with E-state index in [1.807, 2.05) is 66.7 Å². The highest BCUT2D eigenvalue weighted by molar-refractivity contribution is 9.09. The van der Waals surface area contributed by atoms with Crippen LogP contribution in [0, 0.1) is 0 Å². The van der Waals surface area contributed by atoms with Crippen LogP contribution in [0.5, 0.6) is 0 Å². The molecule has 3 aromatic rings. The summed E-state index contributed by atoms with van der Waals surface area (Å²) >= 11 is 4.32. The number of amides is 2. The van der Waals surface area contributed by atoms with E-state index in [-0.39, 0.29) is 17.6 Å². The Labute approximate surface area is 289 Å². The van der Waals surface area contributed by atoms with Gasteiger partial charge >= 0.3 is 11.9 Å². The second-order valence-corrected chi connectivity index (χ2v) is 12.1. The van der Waals surface area contributed by atoms with Crippen molar-refractivity contribution in [2.75, 3.05) is 17.7 Å². The maximum absolute atomic E-state index is 13.8. The summed E-state index contributed by atoms with van der Waals surface area (Å²) in [6.45, 7) is 3.18. The van der Waals surface area contributed by atoms with Crippen LogP contribution in [0.25, 0.3) is 0 Å². The SMILES string of the molecule is C=CC1=C(C(=O)OC(c2ccccc2)c2ccccc2)N2C(=O)C(NC(=O)C(=NOCC(=O)OCc3ccccc3)C(=O)CBr)[C@H]2SC1. The number of oxime groups is 1. The monoisotopic (exact) mass is 731 g/mol. The number of esters is 2. The number of hydrogen-bond acceptors (Lipinski definition) is 10. The van der Waals surface area contributed by atoms with Gasteiger partial charge in [-0.2, -0.15) is 0 Å². The van der Waals surface area contributed by atoms with Gasteiger partial charge in [-0.3, -0.25) is 19.3 Å². The number of hydrogen-bond donors (Lipinski definition) is 1. The van der Waals surface area contributed by atoms with Crippen LogP contribution in [0.1, 0.15) is 22.8 Å². The number of nitrogens with zero attached hydrogens (tertiary/aromatic N) is 2. The Hall–Kier alpha value is -5.01. The Morgan fingerprint density at radius 2 is 1.58 bits per heavy atom. The number of β-lactam (4-membered cyclic amide) rings is 1. The predicted molar refractivity (Wildman–Crippen MR) is 181 cm³/mol. The van der Waals surface area contributed by atoms with E-state index < -0.39 is 59.4 Å². The molecule has 0 aromatic heterocycles. The van der Waals surface area contributed by atoms with Crippen LogP contribution in [0.4, 0.5) is 0 Å². The molecule has 2 aliphatic rings. The van der Waals surface area contributed by atoms with Gasteiger partial charge in [-0.05, 0) is 22.3 Å². The van der Waals surface area contributed by atoms with Gasteiger partial charge in [-0.25, -0.2) is 9.59 Å². The first-order chi connectivity index (χ1) is 23.3. The molecule has 13 heteroatoms. The normalized spacial score (nSPS) is 17.2. The van der Waals surface area contributed by atoms with Crippen molar-refractivity contribution in [3.8, 4) is 0 Å². The van der Waals surface area contributed by atoms with Crippen molar-refractivity contribution >= 4 is 62.9 Å². The number of halogens is 1. The number of carbonyl (C=O) groups is 5. The highest BCUT2D eigenvalue weighted by Gasteiger charge is 2.54. The van der Waals surface area contributed by atoms with E-state index in [9.17, 15) is 24.0 Å². The van der Waals surface area contributed by atoms with Crippen molar-refractivity contribution in [1.82, 2.24) is 10.2 Å². The summed E-state index contributed by atoms with van der Waals surface area (Å²) in [5, 5.41) is 5.17. The Morgan fingerprint density at radius 1 is 0.979 bits per heavy atom. The number of Topliss-reactive ketones (excluding diaryl/α,β-unsaturated/α-hetero) is 1. The number of fused-ring (bicyclic) bond motifs is 1. The highest BCUT2D eigenvalue weighted by Crippen LogP contribution is 2.41. The molecule has 2 amide bonds. The summed E-state index contributed by atoms with van der Waals surface area (Å²) in [4.78, 5) is 71.3. The number of rotatable bonds is 14. The molecule has 0 saturated carbocycles. The van der Waals surface area contributed by atoms with Gasteiger partial charge < -0.3 is 19.6 Å². The first-order valence-corrected chi connectivity index (χ1v) is 16.9. The third kappa shape index (κ3) is 7.92. The van der Waals surface area contributed by atoms with Gasteiger partial charge in [0, 0.05) is 5.75 Å². The third-order valence-electron chi connectivity index (χ3n) is 7.34. The van der Waals surface area contributed by atoms with Crippen molar-refractivity contribution < 1.29 is 38.3 Å². The minimum Gasteiger partial charge on any atom is -0.458 e.